The Kier molecular flexibility index (Phi) is 13.7. The Morgan fingerprint density at radius 2 is 1.38 bits per heavy atom. The van der Waals surface area contributed by atoms with E-state index in [9.17, 15) is 4.79 Å². The van der Waals surface area contributed by atoms with Crippen LogP contribution in [0.4, 0.5) is 0 Å². The standard InChI is InChI=1S/C35H48N2O3/c1-5-7-8-9-10-11-12-14-29-15-17-31(18-16-29)35-36-24-32(25-37-35)30-19-21-33(22-20-30)39-26-28(4)40-34(38)23-27(3)13-6-2/h15-22,24-25,27-28H,5-14,23,26H2,1-4H3. The molecule has 0 spiro atoms. The lowest BCUT2D eigenvalue weighted by Gasteiger charge is -2.16. The Labute approximate surface area is 241 Å². The molecule has 0 aliphatic rings. The Morgan fingerprint density at radius 3 is 2.02 bits per heavy atom. The van der Waals surface area contributed by atoms with E-state index in [1.165, 1.54) is 50.5 Å². The molecule has 3 aromatic rings. The largest absolute Gasteiger partial charge is 0.490 e. The molecule has 216 valence electrons. The van der Waals surface area contributed by atoms with E-state index in [2.05, 4.69) is 55.0 Å². The zero-order valence-electron chi connectivity index (χ0n) is 25.0. The van der Waals surface area contributed by atoms with Gasteiger partial charge in [0, 0.05) is 29.9 Å². The molecule has 0 amide bonds. The molecule has 0 saturated heterocycles. The number of nitrogens with zero attached hydrogens (tertiary/aromatic N) is 2. The predicted octanol–water partition coefficient (Wildman–Crippen LogP) is 9.24. The van der Waals surface area contributed by atoms with E-state index < -0.39 is 0 Å². The number of ether oxygens (including phenoxy) is 2. The minimum Gasteiger partial charge on any atom is -0.490 e. The summed E-state index contributed by atoms with van der Waals surface area (Å²) < 4.78 is 11.3. The second-order valence-corrected chi connectivity index (χ2v) is 11.1. The summed E-state index contributed by atoms with van der Waals surface area (Å²) in [5.74, 6) is 1.66. The van der Waals surface area contributed by atoms with Crippen LogP contribution in [0.15, 0.2) is 60.9 Å². The first-order chi connectivity index (χ1) is 19.5. The van der Waals surface area contributed by atoms with Gasteiger partial charge in [-0.1, -0.05) is 109 Å². The lowest BCUT2D eigenvalue weighted by molar-refractivity contribution is -0.150. The molecule has 1 aromatic heterocycles. The Hall–Kier alpha value is -3.21. The number of rotatable bonds is 18. The summed E-state index contributed by atoms with van der Waals surface area (Å²) in [6.45, 7) is 8.66. The average molecular weight is 545 g/mol. The summed E-state index contributed by atoms with van der Waals surface area (Å²) in [7, 11) is 0. The molecular formula is C35H48N2O3. The Balaban J connectivity index is 1.43. The van der Waals surface area contributed by atoms with Crippen molar-refractivity contribution < 1.29 is 14.3 Å². The number of aromatic nitrogens is 2. The second-order valence-electron chi connectivity index (χ2n) is 11.1. The minimum atomic E-state index is -0.295. The van der Waals surface area contributed by atoms with Gasteiger partial charge in [-0.2, -0.15) is 0 Å². The van der Waals surface area contributed by atoms with Crippen LogP contribution < -0.4 is 4.74 Å². The van der Waals surface area contributed by atoms with Gasteiger partial charge >= 0.3 is 5.97 Å². The maximum absolute atomic E-state index is 12.1. The molecule has 5 heteroatoms. The molecule has 5 nitrogen and oxygen atoms in total. The highest BCUT2D eigenvalue weighted by molar-refractivity contribution is 5.69. The van der Waals surface area contributed by atoms with Crippen molar-refractivity contribution in [2.75, 3.05) is 6.61 Å². The van der Waals surface area contributed by atoms with Crippen molar-refractivity contribution >= 4 is 5.97 Å². The third-order valence-corrected chi connectivity index (χ3v) is 7.23. The van der Waals surface area contributed by atoms with Crippen LogP contribution in [-0.4, -0.2) is 28.6 Å². The molecule has 3 rings (SSSR count). The van der Waals surface area contributed by atoms with Crippen molar-refractivity contribution in [2.45, 2.75) is 104 Å². The van der Waals surface area contributed by atoms with Gasteiger partial charge in [-0.25, -0.2) is 9.97 Å². The van der Waals surface area contributed by atoms with Crippen molar-refractivity contribution in [1.29, 1.82) is 0 Å². The van der Waals surface area contributed by atoms with E-state index in [0.717, 1.165) is 47.5 Å². The first kappa shape index (κ1) is 31.3. The van der Waals surface area contributed by atoms with Gasteiger partial charge in [0.25, 0.3) is 0 Å². The SMILES string of the molecule is CCCCCCCCCc1ccc(-c2ncc(-c3ccc(OCC(C)OC(=O)CC(C)CCC)cc3)cn2)cc1. The molecule has 0 saturated carbocycles. The fraction of sp³-hybridized carbons (Fsp3) is 0.514. The molecule has 2 atom stereocenters. The number of carbonyl (C=O) groups excluding carboxylic acids is 1. The number of hydrogen-bond donors (Lipinski definition) is 0. The van der Waals surface area contributed by atoms with Gasteiger partial charge in [-0.05, 0) is 48.9 Å². The van der Waals surface area contributed by atoms with Crippen molar-refractivity contribution in [2.24, 2.45) is 5.92 Å². The van der Waals surface area contributed by atoms with E-state index >= 15 is 0 Å². The van der Waals surface area contributed by atoms with Crippen LogP contribution >= 0.6 is 0 Å². The third kappa shape index (κ3) is 11.1. The van der Waals surface area contributed by atoms with E-state index in [4.69, 9.17) is 9.47 Å². The lowest BCUT2D eigenvalue weighted by Crippen LogP contribution is -2.23. The Bertz CT molecular complexity index is 1110. The third-order valence-electron chi connectivity index (χ3n) is 7.23. The Morgan fingerprint density at radius 1 is 0.750 bits per heavy atom. The van der Waals surface area contributed by atoms with Crippen LogP contribution in [-0.2, 0) is 16.0 Å². The average Bonchev–Trinajstić information content (AvgIpc) is 2.96. The summed E-state index contributed by atoms with van der Waals surface area (Å²) in [6.07, 6.45) is 16.5. The van der Waals surface area contributed by atoms with Gasteiger partial charge in [0.2, 0.25) is 0 Å². The van der Waals surface area contributed by atoms with Gasteiger partial charge in [-0.15, -0.1) is 0 Å². The zero-order chi connectivity index (χ0) is 28.6. The number of hydrogen-bond acceptors (Lipinski definition) is 5. The highest BCUT2D eigenvalue weighted by Gasteiger charge is 2.14. The number of benzene rings is 2. The van der Waals surface area contributed by atoms with Gasteiger partial charge in [0.15, 0.2) is 5.82 Å². The molecule has 0 radical (unpaired) electrons. The van der Waals surface area contributed by atoms with Gasteiger partial charge < -0.3 is 9.47 Å². The lowest BCUT2D eigenvalue weighted by atomic mass is 10.0. The molecule has 0 bridgehead atoms. The summed E-state index contributed by atoms with van der Waals surface area (Å²) in [5.41, 5.74) is 4.39. The number of aryl methyl sites for hydroxylation is 1. The molecule has 0 fully saturated rings. The number of carbonyl (C=O) groups is 1. The molecule has 40 heavy (non-hydrogen) atoms. The summed E-state index contributed by atoms with van der Waals surface area (Å²) in [4.78, 5) is 21.3. The smallest absolute Gasteiger partial charge is 0.306 e. The van der Waals surface area contributed by atoms with Crippen LogP contribution in [0.2, 0.25) is 0 Å². The first-order valence-corrected chi connectivity index (χ1v) is 15.3. The van der Waals surface area contributed by atoms with Gasteiger partial charge in [-0.3, -0.25) is 4.79 Å². The van der Waals surface area contributed by atoms with Gasteiger partial charge in [0.1, 0.15) is 18.5 Å². The molecule has 1 heterocycles. The topological polar surface area (TPSA) is 61.3 Å². The number of esters is 1. The fourth-order valence-electron chi connectivity index (χ4n) is 4.88. The normalized spacial score (nSPS) is 12.6. The van der Waals surface area contributed by atoms with Crippen molar-refractivity contribution in [3.63, 3.8) is 0 Å². The summed E-state index contributed by atoms with van der Waals surface area (Å²) in [6, 6.07) is 16.5. The van der Waals surface area contributed by atoms with Crippen molar-refractivity contribution in [3.8, 4) is 28.3 Å². The van der Waals surface area contributed by atoms with Crippen LogP contribution in [0.5, 0.6) is 5.75 Å². The van der Waals surface area contributed by atoms with E-state index in [1.807, 2.05) is 43.6 Å². The van der Waals surface area contributed by atoms with Crippen LogP contribution in [0.1, 0.15) is 97.5 Å². The molecule has 0 N–H and O–H groups in total. The first-order valence-electron chi connectivity index (χ1n) is 15.3. The summed E-state index contributed by atoms with van der Waals surface area (Å²) in [5, 5.41) is 0. The molecule has 2 aromatic carbocycles. The van der Waals surface area contributed by atoms with E-state index in [-0.39, 0.29) is 12.1 Å². The van der Waals surface area contributed by atoms with Crippen LogP contribution in [0.25, 0.3) is 22.5 Å². The molecule has 2 unspecified atom stereocenters. The highest BCUT2D eigenvalue weighted by atomic mass is 16.6. The summed E-state index contributed by atoms with van der Waals surface area (Å²) >= 11 is 0. The van der Waals surface area contributed by atoms with Crippen molar-refractivity contribution in [3.05, 3.63) is 66.5 Å². The van der Waals surface area contributed by atoms with E-state index in [1.54, 1.807) is 0 Å². The monoisotopic (exact) mass is 544 g/mol. The molecule has 0 aliphatic carbocycles. The second kappa shape index (κ2) is 17.5. The minimum absolute atomic E-state index is 0.157. The van der Waals surface area contributed by atoms with Gasteiger partial charge in [0.05, 0.1) is 0 Å². The maximum Gasteiger partial charge on any atom is 0.306 e. The quantitative estimate of drug-likeness (QED) is 0.118. The van der Waals surface area contributed by atoms with E-state index in [0.29, 0.717) is 18.9 Å². The highest BCUT2D eigenvalue weighted by Crippen LogP contribution is 2.24. The van der Waals surface area contributed by atoms with Crippen LogP contribution in [0.3, 0.4) is 0 Å². The predicted molar refractivity (Wildman–Crippen MR) is 164 cm³/mol. The zero-order valence-corrected chi connectivity index (χ0v) is 25.0. The molecule has 0 aliphatic heterocycles. The maximum atomic E-state index is 12.1. The fourth-order valence-corrected chi connectivity index (χ4v) is 4.88. The molecular weight excluding hydrogens is 496 g/mol. The number of unbranched alkanes of at least 4 members (excludes halogenated alkanes) is 6. The van der Waals surface area contributed by atoms with Crippen LogP contribution in [0, 0.1) is 5.92 Å². The van der Waals surface area contributed by atoms with Crippen molar-refractivity contribution in [1.82, 2.24) is 9.97 Å².